The smallest absolute Gasteiger partial charge is 0.315 e. The Morgan fingerprint density at radius 2 is 1.57 bits per heavy atom. The standard InChI is InChI=1S/C31H46O4/c1-26(2)22-9-12-31(7)24(29(22,5)11-10-23(26)33)21(32)17-19-20-18-28(4,25(34)35-8)14-13-27(20,3)15-16-30(19,31)6/h17-18,22-24,33H,9-16H2,1-8H3/t22-,23-,24-,27-,28+,29+,30-,31-/m1/s1. The Balaban J connectivity index is 1.67. The molecule has 0 bridgehead atoms. The Bertz CT molecular complexity index is 1040. The third-order valence-corrected chi connectivity index (χ3v) is 12.6. The quantitative estimate of drug-likeness (QED) is 0.438. The Hall–Kier alpha value is -1.42. The van der Waals surface area contributed by atoms with E-state index in [2.05, 4.69) is 47.6 Å². The third kappa shape index (κ3) is 3.01. The van der Waals surface area contributed by atoms with Crippen LogP contribution in [0.4, 0.5) is 0 Å². The van der Waals surface area contributed by atoms with E-state index < -0.39 is 5.41 Å². The summed E-state index contributed by atoms with van der Waals surface area (Å²) in [5.41, 5.74) is 1.24. The minimum atomic E-state index is -0.642. The van der Waals surface area contributed by atoms with Crippen molar-refractivity contribution in [2.45, 2.75) is 106 Å². The fraction of sp³-hybridized carbons (Fsp3) is 0.806. The van der Waals surface area contributed by atoms with Crippen LogP contribution in [0.25, 0.3) is 0 Å². The van der Waals surface area contributed by atoms with Gasteiger partial charge in [0.2, 0.25) is 0 Å². The second kappa shape index (κ2) is 7.33. The molecule has 4 heteroatoms. The number of fused-ring (bicyclic) bond motifs is 7. The van der Waals surface area contributed by atoms with Crippen molar-refractivity contribution in [1.82, 2.24) is 0 Å². The van der Waals surface area contributed by atoms with Crippen LogP contribution in [0.3, 0.4) is 0 Å². The first-order valence-corrected chi connectivity index (χ1v) is 13.9. The number of esters is 1. The minimum absolute atomic E-state index is 0.000392. The van der Waals surface area contributed by atoms with Gasteiger partial charge in [-0.15, -0.1) is 0 Å². The van der Waals surface area contributed by atoms with Gasteiger partial charge in [0.05, 0.1) is 18.6 Å². The first-order chi connectivity index (χ1) is 16.1. The Labute approximate surface area is 212 Å². The van der Waals surface area contributed by atoms with E-state index >= 15 is 0 Å². The maximum absolute atomic E-state index is 14.3. The van der Waals surface area contributed by atoms with Gasteiger partial charge in [-0.1, -0.05) is 47.6 Å². The molecule has 0 unspecified atom stereocenters. The molecule has 0 aliphatic heterocycles. The fourth-order valence-corrected chi connectivity index (χ4v) is 9.98. The second-order valence-electron chi connectivity index (χ2n) is 14.6. The lowest BCUT2D eigenvalue weighted by atomic mass is 9.34. The highest BCUT2D eigenvalue weighted by Crippen LogP contribution is 2.74. The first-order valence-electron chi connectivity index (χ1n) is 13.9. The Morgan fingerprint density at radius 1 is 0.914 bits per heavy atom. The molecule has 0 aromatic carbocycles. The van der Waals surface area contributed by atoms with Crippen LogP contribution in [-0.2, 0) is 14.3 Å². The molecule has 0 aromatic rings. The van der Waals surface area contributed by atoms with E-state index in [9.17, 15) is 14.7 Å². The molecule has 5 rings (SSSR count). The molecular weight excluding hydrogens is 436 g/mol. The van der Waals surface area contributed by atoms with Crippen molar-refractivity contribution in [2.24, 2.45) is 44.3 Å². The summed E-state index contributed by atoms with van der Waals surface area (Å²) in [4.78, 5) is 27.0. The van der Waals surface area contributed by atoms with Crippen molar-refractivity contribution < 1.29 is 19.4 Å². The molecule has 8 atom stereocenters. The Kier molecular flexibility index (Phi) is 5.29. The van der Waals surface area contributed by atoms with E-state index in [4.69, 9.17) is 4.74 Å². The van der Waals surface area contributed by atoms with Crippen molar-refractivity contribution in [3.05, 3.63) is 23.3 Å². The molecule has 4 nitrogen and oxygen atoms in total. The van der Waals surface area contributed by atoms with Gasteiger partial charge < -0.3 is 9.84 Å². The highest BCUT2D eigenvalue weighted by molar-refractivity contribution is 5.96. The van der Waals surface area contributed by atoms with Crippen molar-refractivity contribution in [2.75, 3.05) is 7.11 Å². The molecule has 194 valence electrons. The lowest BCUT2D eigenvalue weighted by molar-refractivity contribution is -0.197. The summed E-state index contributed by atoms with van der Waals surface area (Å²) in [7, 11) is 1.47. The number of carbonyl (C=O) groups is 2. The summed E-state index contributed by atoms with van der Waals surface area (Å²) in [5.74, 6) is 0.400. The second-order valence-corrected chi connectivity index (χ2v) is 14.6. The summed E-state index contributed by atoms with van der Waals surface area (Å²) in [6.45, 7) is 15.9. The number of ether oxygens (including phenoxy) is 1. The van der Waals surface area contributed by atoms with Crippen molar-refractivity contribution in [3.63, 3.8) is 0 Å². The van der Waals surface area contributed by atoms with Crippen molar-refractivity contribution in [1.29, 1.82) is 0 Å². The maximum atomic E-state index is 14.3. The predicted molar refractivity (Wildman–Crippen MR) is 137 cm³/mol. The van der Waals surface area contributed by atoms with E-state index in [1.54, 1.807) is 0 Å². The van der Waals surface area contributed by atoms with Gasteiger partial charge in [-0.3, -0.25) is 9.59 Å². The number of methoxy groups -OCH3 is 1. The lowest BCUT2D eigenvalue weighted by Crippen LogP contribution is -2.65. The normalized spacial score (nSPS) is 50.5. The number of aliphatic hydroxyl groups excluding tert-OH is 1. The zero-order valence-corrected chi connectivity index (χ0v) is 23.2. The van der Waals surface area contributed by atoms with Crippen LogP contribution in [0.5, 0.6) is 0 Å². The van der Waals surface area contributed by atoms with Crippen LogP contribution >= 0.6 is 0 Å². The van der Waals surface area contributed by atoms with Crippen LogP contribution in [-0.4, -0.2) is 30.1 Å². The van der Waals surface area contributed by atoms with Gasteiger partial charge in [-0.05, 0) is 109 Å². The zero-order valence-electron chi connectivity index (χ0n) is 23.2. The molecule has 0 heterocycles. The number of hydrogen-bond donors (Lipinski definition) is 1. The summed E-state index contributed by atoms with van der Waals surface area (Å²) in [5, 5.41) is 10.9. The van der Waals surface area contributed by atoms with Crippen molar-refractivity contribution >= 4 is 11.8 Å². The number of hydrogen-bond acceptors (Lipinski definition) is 4. The topological polar surface area (TPSA) is 63.6 Å². The summed E-state index contributed by atoms with van der Waals surface area (Å²) in [6.07, 6.45) is 11.5. The molecule has 3 saturated carbocycles. The average molecular weight is 483 g/mol. The van der Waals surface area contributed by atoms with Crippen molar-refractivity contribution in [3.8, 4) is 0 Å². The predicted octanol–water partition coefficient (Wildman–Crippen LogP) is 6.42. The molecule has 0 aromatic heterocycles. The van der Waals surface area contributed by atoms with Crippen LogP contribution in [0.1, 0.15) is 99.8 Å². The molecule has 0 spiro atoms. The molecular formula is C31H46O4. The summed E-state index contributed by atoms with van der Waals surface area (Å²) < 4.78 is 5.20. The van der Waals surface area contributed by atoms with Gasteiger partial charge in [0, 0.05) is 5.92 Å². The highest BCUT2D eigenvalue weighted by atomic mass is 16.5. The zero-order chi connectivity index (χ0) is 25.8. The summed E-state index contributed by atoms with van der Waals surface area (Å²) in [6, 6.07) is 0. The number of rotatable bonds is 1. The largest absolute Gasteiger partial charge is 0.468 e. The van der Waals surface area contributed by atoms with Crippen LogP contribution in [0.2, 0.25) is 0 Å². The van der Waals surface area contributed by atoms with Gasteiger partial charge in [0.15, 0.2) is 5.78 Å². The Morgan fingerprint density at radius 3 is 2.23 bits per heavy atom. The SMILES string of the molecule is COC(=O)[C@]1(C)C=C2C3=CC(=O)[C@@H]4[C@@]5(C)CC[C@@H](O)C(C)(C)[C@H]5CC[C@@]4(C)[C@]3(C)CC[C@@]2(C)CC1. The molecule has 0 saturated heterocycles. The molecule has 5 aliphatic carbocycles. The van der Waals surface area contributed by atoms with Gasteiger partial charge in [0.25, 0.3) is 0 Å². The van der Waals surface area contributed by atoms with Gasteiger partial charge >= 0.3 is 5.97 Å². The maximum Gasteiger partial charge on any atom is 0.315 e. The molecule has 35 heavy (non-hydrogen) atoms. The van der Waals surface area contributed by atoms with Crippen LogP contribution in [0, 0.1) is 44.3 Å². The number of allylic oxidation sites excluding steroid dienone is 3. The lowest BCUT2D eigenvalue weighted by Gasteiger charge is -2.69. The fourth-order valence-electron chi connectivity index (χ4n) is 9.98. The monoisotopic (exact) mass is 482 g/mol. The highest BCUT2D eigenvalue weighted by Gasteiger charge is 2.69. The molecule has 0 amide bonds. The molecule has 3 fully saturated rings. The minimum Gasteiger partial charge on any atom is -0.468 e. The molecule has 5 aliphatic rings. The van der Waals surface area contributed by atoms with E-state index in [0.717, 1.165) is 51.4 Å². The van der Waals surface area contributed by atoms with Crippen LogP contribution in [0.15, 0.2) is 23.3 Å². The van der Waals surface area contributed by atoms with Gasteiger partial charge in [-0.2, -0.15) is 0 Å². The van der Waals surface area contributed by atoms with E-state index in [1.807, 2.05) is 13.0 Å². The van der Waals surface area contributed by atoms with E-state index in [1.165, 1.54) is 18.3 Å². The average Bonchev–Trinajstić information content (AvgIpc) is 2.78. The number of ketones is 1. The molecule has 1 N–H and O–H groups in total. The van der Waals surface area contributed by atoms with Crippen LogP contribution < -0.4 is 0 Å². The molecule has 0 radical (unpaired) electrons. The van der Waals surface area contributed by atoms with E-state index in [0.29, 0.717) is 5.92 Å². The van der Waals surface area contributed by atoms with E-state index in [-0.39, 0.29) is 50.8 Å². The van der Waals surface area contributed by atoms with Gasteiger partial charge in [-0.25, -0.2) is 0 Å². The number of aliphatic hydroxyl groups is 1. The van der Waals surface area contributed by atoms with Gasteiger partial charge in [0.1, 0.15) is 0 Å². The number of carbonyl (C=O) groups excluding carboxylic acids is 2. The first kappa shape index (κ1) is 25.2. The third-order valence-electron chi connectivity index (χ3n) is 12.6. The summed E-state index contributed by atoms with van der Waals surface area (Å²) >= 11 is 0.